The van der Waals surface area contributed by atoms with Crippen LogP contribution in [0.2, 0.25) is 0 Å². The predicted octanol–water partition coefficient (Wildman–Crippen LogP) is 0.880. The van der Waals surface area contributed by atoms with Gasteiger partial charge in [-0.05, 0) is 13.3 Å². The van der Waals surface area contributed by atoms with E-state index in [0.29, 0.717) is 0 Å². The monoisotopic (exact) mass is 248 g/mol. The Bertz CT molecular complexity index is 198. The van der Waals surface area contributed by atoms with Crippen LogP contribution in [0.4, 0.5) is 0 Å². The molecule has 0 aliphatic heterocycles. The van der Waals surface area contributed by atoms with Crippen LogP contribution >= 0.6 is 0 Å². The summed E-state index contributed by atoms with van der Waals surface area (Å²) in [4.78, 5) is 20.1. The number of carboxylic acids is 2. The van der Waals surface area contributed by atoms with E-state index in [1.807, 2.05) is 0 Å². The van der Waals surface area contributed by atoms with Gasteiger partial charge in [-0.2, -0.15) is 0 Å². The molecule has 0 aliphatic carbocycles. The van der Waals surface area contributed by atoms with Crippen LogP contribution in [0.1, 0.15) is 19.8 Å². The minimum Gasteiger partial charge on any atom is -0.481 e. The van der Waals surface area contributed by atoms with Gasteiger partial charge < -0.3 is 10.2 Å². The SMILES string of the molecule is CC(=CCCC(=O)O)C(=O)O.[Zr]. The van der Waals surface area contributed by atoms with Gasteiger partial charge in [-0.15, -0.1) is 0 Å². The van der Waals surface area contributed by atoms with Gasteiger partial charge in [-0.25, -0.2) is 4.79 Å². The number of allylic oxidation sites excluding steroid dienone is 1. The molecule has 0 aromatic carbocycles. The maximum atomic E-state index is 10.2. The van der Waals surface area contributed by atoms with Gasteiger partial charge in [0.05, 0.1) is 0 Å². The summed E-state index contributed by atoms with van der Waals surface area (Å²) in [7, 11) is 0. The minimum absolute atomic E-state index is 0. The molecule has 0 unspecified atom stereocenters. The van der Waals surface area contributed by atoms with Crippen molar-refractivity contribution in [1.82, 2.24) is 0 Å². The summed E-state index contributed by atoms with van der Waals surface area (Å²) < 4.78 is 0. The van der Waals surface area contributed by atoms with Gasteiger partial charge in [0.2, 0.25) is 0 Å². The van der Waals surface area contributed by atoms with Crippen LogP contribution in [0.5, 0.6) is 0 Å². The maximum Gasteiger partial charge on any atom is 0.330 e. The average Bonchev–Trinajstić information content (AvgIpc) is 1.86. The molecular formula is C7H10O4Zr. The van der Waals surface area contributed by atoms with Gasteiger partial charge in [-0.1, -0.05) is 6.08 Å². The Morgan fingerprint density at radius 3 is 2.17 bits per heavy atom. The summed E-state index contributed by atoms with van der Waals surface area (Å²) in [5.41, 5.74) is 0.186. The van der Waals surface area contributed by atoms with Gasteiger partial charge >= 0.3 is 11.9 Å². The van der Waals surface area contributed by atoms with E-state index in [1.165, 1.54) is 13.0 Å². The van der Waals surface area contributed by atoms with Crippen molar-refractivity contribution in [2.24, 2.45) is 0 Å². The van der Waals surface area contributed by atoms with Crippen molar-refractivity contribution in [1.29, 1.82) is 0 Å². The molecule has 5 heteroatoms. The second kappa shape index (κ2) is 7.23. The number of rotatable bonds is 4. The molecular weight excluding hydrogens is 239 g/mol. The number of carboxylic acid groups (broad SMARTS) is 2. The summed E-state index contributed by atoms with van der Waals surface area (Å²) in [6.07, 6.45) is 1.65. The van der Waals surface area contributed by atoms with E-state index in [-0.39, 0.29) is 44.6 Å². The van der Waals surface area contributed by atoms with Crippen LogP contribution in [0.15, 0.2) is 11.6 Å². The molecule has 0 heterocycles. The Hall–Kier alpha value is -0.437. The maximum absolute atomic E-state index is 10.2. The fourth-order valence-electron chi connectivity index (χ4n) is 0.499. The molecule has 0 radical (unpaired) electrons. The summed E-state index contributed by atoms with van der Waals surface area (Å²) in [6, 6.07) is 0. The van der Waals surface area contributed by atoms with Gasteiger partial charge in [0, 0.05) is 38.2 Å². The smallest absolute Gasteiger partial charge is 0.330 e. The van der Waals surface area contributed by atoms with Gasteiger partial charge in [0.25, 0.3) is 0 Å². The molecule has 0 aromatic rings. The largest absolute Gasteiger partial charge is 0.481 e. The van der Waals surface area contributed by atoms with E-state index in [9.17, 15) is 9.59 Å². The average molecular weight is 249 g/mol. The first kappa shape index (κ1) is 14.1. The van der Waals surface area contributed by atoms with Crippen molar-refractivity contribution in [2.75, 3.05) is 0 Å². The summed E-state index contributed by atoms with van der Waals surface area (Å²) >= 11 is 0. The van der Waals surface area contributed by atoms with Crippen LogP contribution < -0.4 is 0 Å². The summed E-state index contributed by atoms with van der Waals surface area (Å²) in [5, 5.41) is 16.5. The molecule has 4 nitrogen and oxygen atoms in total. The second-order valence-corrected chi connectivity index (χ2v) is 2.12. The quantitative estimate of drug-likeness (QED) is 0.725. The molecule has 0 saturated heterocycles. The van der Waals surface area contributed by atoms with Crippen molar-refractivity contribution in [3.8, 4) is 0 Å². The van der Waals surface area contributed by atoms with E-state index in [1.54, 1.807) is 0 Å². The molecule has 0 bridgehead atoms. The first-order chi connectivity index (χ1) is 5.04. The molecule has 2 N–H and O–H groups in total. The Morgan fingerprint density at radius 2 is 1.83 bits per heavy atom. The third-order valence-electron chi connectivity index (χ3n) is 1.15. The van der Waals surface area contributed by atoms with E-state index in [0.717, 1.165) is 0 Å². The third kappa shape index (κ3) is 7.67. The van der Waals surface area contributed by atoms with Gasteiger partial charge in [0.1, 0.15) is 0 Å². The fourth-order valence-corrected chi connectivity index (χ4v) is 0.499. The van der Waals surface area contributed by atoms with E-state index >= 15 is 0 Å². The molecule has 0 aliphatic rings. The Labute approximate surface area is 89.4 Å². The number of aliphatic carboxylic acids is 2. The topological polar surface area (TPSA) is 74.6 Å². The standard InChI is InChI=1S/C7H10O4.Zr/c1-5(7(10)11)3-2-4-6(8)9;/h3H,2,4H2,1H3,(H,8,9)(H,10,11);. The number of hydrogen-bond donors (Lipinski definition) is 2. The Balaban J connectivity index is 0. The fraction of sp³-hybridized carbons (Fsp3) is 0.429. The number of hydrogen-bond acceptors (Lipinski definition) is 2. The Kier molecular flexibility index (Phi) is 8.49. The zero-order valence-corrected chi connectivity index (χ0v) is 9.16. The van der Waals surface area contributed by atoms with Gasteiger partial charge in [-0.3, -0.25) is 4.79 Å². The van der Waals surface area contributed by atoms with Crippen LogP contribution in [0, 0.1) is 0 Å². The zero-order valence-electron chi connectivity index (χ0n) is 6.70. The van der Waals surface area contributed by atoms with E-state index in [2.05, 4.69) is 0 Å². The van der Waals surface area contributed by atoms with Crippen molar-refractivity contribution >= 4 is 11.9 Å². The molecule has 0 saturated carbocycles. The molecule has 12 heavy (non-hydrogen) atoms. The molecule has 0 amide bonds. The molecule has 66 valence electrons. The van der Waals surface area contributed by atoms with Crippen molar-refractivity contribution in [2.45, 2.75) is 19.8 Å². The molecule has 0 atom stereocenters. The number of carbonyl (C=O) groups is 2. The molecule has 0 rings (SSSR count). The molecule has 0 aromatic heterocycles. The molecule has 0 fully saturated rings. The first-order valence-electron chi connectivity index (χ1n) is 3.16. The van der Waals surface area contributed by atoms with Crippen LogP contribution in [0.3, 0.4) is 0 Å². The van der Waals surface area contributed by atoms with E-state index < -0.39 is 11.9 Å². The van der Waals surface area contributed by atoms with Gasteiger partial charge in [0.15, 0.2) is 0 Å². The first-order valence-corrected chi connectivity index (χ1v) is 3.16. The summed E-state index contributed by atoms with van der Waals surface area (Å²) in [6.45, 7) is 1.43. The van der Waals surface area contributed by atoms with Crippen molar-refractivity contribution < 1.29 is 46.0 Å². The summed E-state index contributed by atoms with van der Waals surface area (Å²) in [5.74, 6) is -1.92. The third-order valence-corrected chi connectivity index (χ3v) is 1.15. The van der Waals surface area contributed by atoms with Crippen molar-refractivity contribution in [3.05, 3.63) is 11.6 Å². The van der Waals surface area contributed by atoms with Crippen LogP contribution in [0.25, 0.3) is 0 Å². The minimum atomic E-state index is -1.00. The zero-order chi connectivity index (χ0) is 8.85. The predicted molar refractivity (Wildman–Crippen MR) is 38.3 cm³/mol. The molecule has 0 spiro atoms. The normalized spacial score (nSPS) is 10.2. The second-order valence-electron chi connectivity index (χ2n) is 2.12. The Morgan fingerprint density at radius 1 is 1.33 bits per heavy atom. The van der Waals surface area contributed by atoms with E-state index in [4.69, 9.17) is 10.2 Å². The van der Waals surface area contributed by atoms with Crippen molar-refractivity contribution in [3.63, 3.8) is 0 Å². The van der Waals surface area contributed by atoms with Crippen LogP contribution in [-0.2, 0) is 35.8 Å². The van der Waals surface area contributed by atoms with Crippen LogP contribution in [-0.4, -0.2) is 22.2 Å².